The number of benzene rings is 2. The van der Waals surface area contributed by atoms with Gasteiger partial charge in [0.1, 0.15) is 17.5 Å². The molecule has 2 rings (SSSR count). The first-order valence-corrected chi connectivity index (χ1v) is 5.70. The number of hydrogen-bond donors (Lipinski definition) is 2. The maximum atomic E-state index is 13.5. The lowest BCUT2D eigenvalue weighted by molar-refractivity contribution is 0.102. The standard InChI is InChI=1S/C14H11F3N2O/c1-7-2-3-9(15)13(4-7)19-14(20)8-5-12(18)11(17)6-10(8)16/h2-6H,18H2,1H3,(H,19,20). The van der Waals surface area contributed by atoms with Crippen LogP contribution in [0.4, 0.5) is 24.5 Å². The highest BCUT2D eigenvalue weighted by Crippen LogP contribution is 2.20. The first kappa shape index (κ1) is 13.9. The Hall–Kier alpha value is -2.50. The first-order chi connectivity index (χ1) is 9.38. The third kappa shape index (κ3) is 2.74. The number of carbonyl (C=O) groups is 1. The zero-order valence-corrected chi connectivity index (χ0v) is 10.5. The van der Waals surface area contributed by atoms with E-state index in [0.717, 1.165) is 11.6 Å². The van der Waals surface area contributed by atoms with Crippen molar-refractivity contribution >= 4 is 17.3 Å². The number of carbonyl (C=O) groups excluding carboxylic acids is 1. The zero-order chi connectivity index (χ0) is 14.9. The number of rotatable bonds is 2. The molecule has 0 saturated carbocycles. The predicted molar refractivity (Wildman–Crippen MR) is 69.9 cm³/mol. The molecule has 0 fully saturated rings. The normalized spacial score (nSPS) is 10.4. The van der Waals surface area contributed by atoms with Crippen molar-refractivity contribution in [3.63, 3.8) is 0 Å². The molecule has 0 saturated heterocycles. The van der Waals surface area contributed by atoms with E-state index in [1.165, 1.54) is 18.2 Å². The van der Waals surface area contributed by atoms with Crippen molar-refractivity contribution in [1.29, 1.82) is 0 Å². The van der Waals surface area contributed by atoms with Crippen molar-refractivity contribution in [2.24, 2.45) is 0 Å². The van der Waals surface area contributed by atoms with Gasteiger partial charge in [0.15, 0.2) is 0 Å². The SMILES string of the molecule is Cc1ccc(F)c(NC(=O)c2cc(N)c(F)cc2F)c1. The van der Waals surface area contributed by atoms with Crippen molar-refractivity contribution in [3.05, 3.63) is 58.9 Å². The van der Waals surface area contributed by atoms with Crippen LogP contribution in [0.5, 0.6) is 0 Å². The Morgan fingerprint density at radius 1 is 1.05 bits per heavy atom. The fourth-order valence-electron chi connectivity index (χ4n) is 1.66. The van der Waals surface area contributed by atoms with Gasteiger partial charge in [0.25, 0.3) is 5.91 Å². The Balaban J connectivity index is 2.33. The van der Waals surface area contributed by atoms with E-state index in [0.29, 0.717) is 6.07 Å². The lowest BCUT2D eigenvalue weighted by atomic mass is 10.1. The van der Waals surface area contributed by atoms with Crippen LogP contribution in [-0.4, -0.2) is 5.91 Å². The second-order valence-electron chi connectivity index (χ2n) is 4.29. The van der Waals surface area contributed by atoms with Gasteiger partial charge < -0.3 is 11.1 Å². The monoisotopic (exact) mass is 280 g/mol. The van der Waals surface area contributed by atoms with Gasteiger partial charge in [0.2, 0.25) is 0 Å². The maximum absolute atomic E-state index is 13.5. The van der Waals surface area contributed by atoms with Crippen LogP contribution >= 0.6 is 0 Å². The van der Waals surface area contributed by atoms with Gasteiger partial charge in [0.05, 0.1) is 16.9 Å². The molecule has 0 radical (unpaired) electrons. The molecule has 0 aliphatic carbocycles. The second kappa shape index (κ2) is 5.24. The molecular formula is C14H11F3N2O. The summed E-state index contributed by atoms with van der Waals surface area (Å²) >= 11 is 0. The molecule has 0 spiro atoms. The molecule has 20 heavy (non-hydrogen) atoms. The van der Waals surface area contributed by atoms with E-state index in [2.05, 4.69) is 5.32 Å². The molecule has 0 aliphatic heterocycles. The first-order valence-electron chi connectivity index (χ1n) is 5.70. The highest BCUT2D eigenvalue weighted by Gasteiger charge is 2.16. The Morgan fingerprint density at radius 3 is 2.45 bits per heavy atom. The summed E-state index contributed by atoms with van der Waals surface area (Å²) in [6.07, 6.45) is 0. The number of nitrogen functional groups attached to an aromatic ring is 1. The topological polar surface area (TPSA) is 55.1 Å². The van der Waals surface area contributed by atoms with E-state index < -0.39 is 28.9 Å². The van der Waals surface area contributed by atoms with E-state index >= 15 is 0 Å². The molecule has 6 heteroatoms. The molecular weight excluding hydrogens is 269 g/mol. The van der Waals surface area contributed by atoms with Crippen molar-refractivity contribution in [1.82, 2.24) is 0 Å². The minimum atomic E-state index is -1.07. The summed E-state index contributed by atoms with van der Waals surface area (Å²) in [5, 5.41) is 2.22. The fourth-order valence-corrected chi connectivity index (χ4v) is 1.66. The number of hydrogen-bond acceptors (Lipinski definition) is 2. The minimum absolute atomic E-state index is 0.0858. The number of halogens is 3. The summed E-state index contributed by atoms with van der Waals surface area (Å²) in [6.45, 7) is 1.71. The number of anilines is 2. The summed E-state index contributed by atoms with van der Waals surface area (Å²) in [7, 11) is 0. The maximum Gasteiger partial charge on any atom is 0.258 e. The van der Waals surface area contributed by atoms with Crippen LogP contribution in [0.2, 0.25) is 0 Å². The average Bonchev–Trinajstić information content (AvgIpc) is 2.38. The summed E-state index contributed by atoms with van der Waals surface area (Å²) in [5.41, 5.74) is 5.10. The van der Waals surface area contributed by atoms with Crippen molar-refractivity contribution in [2.45, 2.75) is 6.92 Å². The molecule has 3 N–H and O–H groups in total. The van der Waals surface area contributed by atoms with E-state index in [1.807, 2.05) is 0 Å². The summed E-state index contributed by atoms with van der Waals surface area (Å²) in [6, 6.07) is 5.49. The van der Waals surface area contributed by atoms with Crippen LogP contribution in [0.15, 0.2) is 30.3 Å². The lowest BCUT2D eigenvalue weighted by Gasteiger charge is -2.09. The summed E-state index contributed by atoms with van der Waals surface area (Å²) < 4.78 is 40.0. The van der Waals surface area contributed by atoms with E-state index in [4.69, 9.17) is 5.73 Å². The third-order valence-corrected chi connectivity index (χ3v) is 2.70. The van der Waals surface area contributed by atoms with Gasteiger partial charge >= 0.3 is 0 Å². The van der Waals surface area contributed by atoms with Gasteiger partial charge in [-0.15, -0.1) is 0 Å². The lowest BCUT2D eigenvalue weighted by Crippen LogP contribution is -2.15. The quantitative estimate of drug-likeness (QED) is 0.830. The molecule has 0 atom stereocenters. The van der Waals surface area contributed by atoms with Crippen LogP contribution in [0.1, 0.15) is 15.9 Å². The average molecular weight is 280 g/mol. The zero-order valence-electron chi connectivity index (χ0n) is 10.5. The van der Waals surface area contributed by atoms with Gasteiger partial charge in [-0.1, -0.05) is 6.07 Å². The van der Waals surface area contributed by atoms with Crippen molar-refractivity contribution < 1.29 is 18.0 Å². The summed E-state index contributed by atoms with van der Waals surface area (Å²) in [4.78, 5) is 11.9. The molecule has 0 aliphatic rings. The molecule has 104 valence electrons. The van der Waals surface area contributed by atoms with Crippen LogP contribution < -0.4 is 11.1 Å². The molecule has 2 aromatic rings. The van der Waals surface area contributed by atoms with Crippen LogP contribution in [0.25, 0.3) is 0 Å². The molecule has 0 heterocycles. The number of nitrogens with one attached hydrogen (secondary N) is 1. The Bertz CT molecular complexity index is 686. The third-order valence-electron chi connectivity index (χ3n) is 2.70. The van der Waals surface area contributed by atoms with Crippen LogP contribution in [0.3, 0.4) is 0 Å². The minimum Gasteiger partial charge on any atom is -0.396 e. The van der Waals surface area contributed by atoms with Crippen molar-refractivity contribution in [3.8, 4) is 0 Å². The highest BCUT2D eigenvalue weighted by molar-refractivity contribution is 6.05. The molecule has 0 unspecified atom stereocenters. The van der Waals surface area contributed by atoms with Gasteiger partial charge in [-0.3, -0.25) is 4.79 Å². The smallest absolute Gasteiger partial charge is 0.258 e. The summed E-state index contributed by atoms with van der Waals surface area (Å²) in [5.74, 6) is -3.58. The van der Waals surface area contributed by atoms with Gasteiger partial charge in [-0.05, 0) is 30.7 Å². The Morgan fingerprint density at radius 2 is 1.75 bits per heavy atom. The van der Waals surface area contributed by atoms with Crippen LogP contribution in [-0.2, 0) is 0 Å². The predicted octanol–water partition coefficient (Wildman–Crippen LogP) is 3.25. The van der Waals surface area contributed by atoms with Crippen molar-refractivity contribution in [2.75, 3.05) is 11.1 Å². The number of aryl methyl sites for hydroxylation is 1. The molecule has 0 aromatic heterocycles. The van der Waals surface area contributed by atoms with Crippen LogP contribution in [0, 0.1) is 24.4 Å². The largest absolute Gasteiger partial charge is 0.396 e. The number of amides is 1. The highest BCUT2D eigenvalue weighted by atomic mass is 19.1. The Kier molecular flexibility index (Phi) is 3.65. The van der Waals surface area contributed by atoms with Gasteiger partial charge in [-0.25, -0.2) is 13.2 Å². The van der Waals surface area contributed by atoms with E-state index in [-0.39, 0.29) is 11.4 Å². The van der Waals surface area contributed by atoms with E-state index in [1.54, 1.807) is 6.92 Å². The van der Waals surface area contributed by atoms with Gasteiger partial charge in [-0.2, -0.15) is 0 Å². The Labute approximate surface area is 113 Å². The molecule has 3 nitrogen and oxygen atoms in total. The van der Waals surface area contributed by atoms with E-state index in [9.17, 15) is 18.0 Å². The second-order valence-corrected chi connectivity index (χ2v) is 4.29. The number of nitrogens with two attached hydrogens (primary N) is 1. The molecule has 2 aromatic carbocycles. The van der Waals surface area contributed by atoms with Gasteiger partial charge in [0, 0.05) is 6.07 Å². The molecule has 1 amide bonds. The molecule has 0 bridgehead atoms. The fraction of sp³-hybridized carbons (Fsp3) is 0.0714.